The second-order valence-corrected chi connectivity index (χ2v) is 9.69. The number of benzene rings is 1. The van der Waals surface area contributed by atoms with E-state index in [1.165, 1.54) is 10.4 Å². The Morgan fingerprint density at radius 3 is 2.32 bits per heavy atom. The standard InChI is InChI=1S/C17H26ClN3O3S/c1-13(16(22)19-17(2,3)4)20-8-10-21(11-9-20)25(23,24)15-7-5-6-14(18)12-15/h5-7,12-13H,8-11H2,1-4H3,(H,19,22)/t13-/m1/s1. The van der Waals surface area contributed by atoms with Crippen molar-refractivity contribution in [3.8, 4) is 0 Å². The average molecular weight is 388 g/mol. The zero-order chi connectivity index (χ0) is 18.8. The van der Waals surface area contributed by atoms with Crippen molar-refractivity contribution < 1.29 is 13.2 Å². The monoisotopic (exact) mass is 387 g/mol. The molecule has 6 nitrogen and oxygen atoms in total. The molecule has 0 radical (unpaired) electrons. The predicted molar refractivity (Wildman–Crippen MR) is 99.1 cm³/mol. The highest BCUT2D eigenvalue weighted by atomic mass is 35.5. The Kier molecular flexibility index (Phi) is 6.14. The molecule has 1 N–H and O–H groups in total. The Hall–Kier alpha value is -1.15. The average Bonchev–Trinajstić information content (AvgIpc) is 2.52. The van der Waals surface area contributed by atoms with E-state index in [0.717, 1.165) is 0 Å². The molecule has 1 aliphatic rings. The Labute approximate surface area is 155 Å². The summed E-state index contributed by atoms with van der Waals surface area (Å²) in [5.74, 6) is -0.0429. The van der Waals surface area contributed by atoms with Crippen LogP contribution in [0.3, 0.4) is 0 Å². The molecule has 0 saturated carbocycles. The Balaban J connectivity index is 2.00. The first kappa shape index (κ1) is 20.2. The summed E-state index contributed by atoms with van der Waals surface area (Å²) in [5, 5.41) is 3.36. The molecule has 8 heteroatoms. The summed E-state index contributed by atoms with van der Waals surface area (Å²) in [6, 6.07) is 5.99. The van der Waals surface area contributed by atoms with Crippen molar-refractivity contribution in [2.75, 3.05) is 26.2 Å². The molecule has 1 saturated heterocycles. The number of hydrogen-bond acceptors (Lipinski definition) is 4. The van der Waals surface area contributed by atoms with Gasteiger partial charge < -0.3 is 5.32 Å². The smallest absolute Gasteiger partial charge is 0.243 e. The molecule has 0 spiro atoms. The molecule has 0 aliphatic carbocycles. The lowest BCUT2D eigenvalue weighted by Crippen LogP contribution is -2.56. The van der Waals surface area contributed by atoms with Gasteiger partial charge in [0, 0.05) is 36.7 Å². The highest BCUT2D eigenvalue weighted by Crippen LogP contribution is 2.21. The molecule has 1 fully saturated rings. The van der Waals surface area contributed by atoms with Crippen LogP contribution in [0.2, 0.25) is 5.02 Å². The first-order chi connectivity index (χ1) is 11.5. The van der Waals surface area contributed by atoms with E-state index in [2.05, 4.69) is 5.32 Å². The highest BCUT2D eigenvalue weighted by molar-refractivity contribution is 7.89. The Morgan fingerprint density at radius 1 is 1.20 bits per heavy atom. The first-order valence-corrected chi connectivity index (χ1v) is 10.1. The van der Waals surface area contributed by atoms with Gasteiger partial charge in [0.25, 0.3) is 0 Å². The maximum atomic E-state index is 12.7. The van der Waals surface area contributed by atoms with Crippen molar-refractivity contribution in [2.45, 2.75) is 44.2 Å². The minimum atomic E-state index is -3.56. The van der Waals surface area contributed by atoms with Gasteiger partial charge in [-0.2, -0.15) is 4.31 Å². The largest absolute Gasteiger partial charge is 0.350 e. The summed E-state index contributed by atoms with van der Waals surface area (Å²) in [7, 11) is -3.56. The zero-order valence-corrected chi connectivity index (χ0v) is 16.7. The van der Waals surface area contributed by atoms with Gasteiger partial charge in [-0.3, -0.25) is 9.69 Å². The third-order valence-corrected chi connectivity index (χ3v) is 6.26. The molecule has 0 bridgehead atoms. The fourth-order valence-electron chi connectivity index (χ4n) is 2.75. The Bertz CT molecular complexity index is 723. The van der Waals surface area contributed by atoms with E-state index in [1.54, 1.807) is 18.2 Å². The normalized spacial score (nSPS) is 18.8. The number of sulfonamides is 1. The van der Waals surface area contributed by atoms with E-state index in [-0.39, 0.29) is 22.4 Å². The van der Waals surface area contributed by atoms with Gasteiger partial charge in [0.1, 0.15) is 0 Å². The third kappa shape index (κ3) is 5.17. The Morgan fingerprint density at radius 2 is 1.80 bits per heavy atom. The number of amides is 1. The van der Waals surface area contributed by atoms with Gasteiger partial charge in [-0.1, -0.05) is 17.7 Å². The van der Waals surface area contributed by atoms with Crippen LogP contribution in [0, 0.1) is 0 Å². The maximum Gasteiger partial charge on any atom is 0.243 e. The second kappa shape index (κ2) is 7.61. The van der Waals surface area contributed by atoms with E-state index >= 15 is 0 Å². The summed E-state index contributed by atoms with van der Waals surface area (Å²) in [4.78, 5) is 14.5. The van der Waals surface area contributed by atoms with Crippen LogP contribution in [0.5, 0.6) is 0 Å². The van der Waals surface area contributed by atoms with E-state index in [4.69, 9.17) is 11.6 Å². The highest BCUT2D eigenvalue weighted by Gasteiger charge is 2.32. The number of piperazine rings is 1. The molecule has 140 valence electrons. The number of nitrogens with one attached hydrogen (secondary N) is 1. The van der Waals surface area contributed by atoms with Crippen LogP contribution >= 0.6 is 11.6 Å². The van der Waals surface area contributed by atoms with Crippen molar-refractivity contribution in [3.63, 3.8) is 0 Å². The summed E-state index contributed by atoms with van der Waals surface area (Å²) in [6.45, 7) is 9.39. The van der Waals surface area contributed by atoms with Crippen LogP contribution in [0.25, 0.3) is 0 Å². The van der Waals surface area contributed by atoms with Crippen LogP contribution in [0.15, 0.2) is 29.2 Å². The molecule has 2 rings (SSSR count). The molecular formula is C17H26ClN3O3S. The molecule has 1 atom stereocenters. The van der Waals surface area contributed by atoms with Crippen LogP contribution in [-0.2, 0) is 14.8 Å². The first-order valence-electron chi connectivity index (χ1n) is 8.32. The lowest BCUT2D eigenvalue weighted by molar-refractivity contribution is -0.127. The van der Waals surface area contributed by atoms with Crippen molar-refractivity contribution in [2.24, 2.45) is 0 Å². The topological polar surface area (TPSA) is 69.7 Å². The number of rotatable bonds is 4. The van der Waals surface area contributed by atoms with Gasteiger partial charge in [-0.25, -0.2) is 8.42 Å². The predicted octanol–water partition coefficient (Wildman–Crippen LogP) is 1.95. The minimum absolute atomic E-state index is 0.0429. The van der Waals surface area contributed by atoms with Gasteiger partial charge in [-0.05, 0) is 45.9 Å². The molecule has 1 aliphatic heterocycles. The molecule has 1 aromatic rings. The van der Waals surface area contributed by atoms with E-state index in [1.807, 2.05) is 32.6 Å². The SMILES string of the molecule is C[C@H](C(=O)NC(C)(C)C)N1CCN(S(=O)(=O)c2cccc(Cl)c2)CC1. The lowest BCUT2D eigenvalue weighted by atomic mass is 10.1. The van der Waals surface area contributed by atoms with E-state index < -0.39 is 10.0 Å². The number of halogens is 1. The fraction of sp³-hybridized carbons (Fsp3) is 0.588. The van der Waals surface area contributed by atoms with Crippen molar-refractivity contribution in [1.29, 1.82) is 0 Å². The van der Waals surface area contributed by atoms with Crippen molar-refractivity contribution in [3.05, 3.63) is 29.3 Å². The molecule has 25 heavy (non-hydrogen) atoms. The van der Waals surface area contributed by atoms with Crippen molar-refractivity contribution >= 4 is 27.5 Å². The molecule has 1 amide bonds. The molecule has 0 unspecified atom stereocenters. The minimum Gasteiger partial charge on any atom is -0.350 e. The van der Waals surface area contributed by atoms with E-state index in [0.29, 0.717) is 31.2 Å². The van der Waals surface area contributed by atoms with Crippen molar-refractivity contribution in [1.82, 2.24) is 14.5 Å². The van der Waals surface area contributed by atoms with Gasteiger partial charge in [0.05, 0.1) is 10.9 Å². The van der Waals surface area contributed by atoms with Gasteiger partial charge >= 0.3 is 0 Å². The van der Waals surface area contributed by atoms with Crippen LogP contribution in [0.1, 0.15) is 27.7 Å². The molecule has 1 heterocycles. The van der Waals surface area contributed by atoms with Gasteiger partial charge in [0.15, 0.2) is 0 Å². The quantitative estimate of drug-likeness (QED) is 0.857. The second-order valence-electron chi connectivity index (χ2n) is 7.31. The summed E-state index contributed by atoms with van der Waals surface area (Å²) < 4.78 is 26.9. The number of carbonyl (C=O) groups is 1. The summed E-state index contributed by atoms with van der Waals surface area (Å²) >= 11 is 5.91. The molecule has 1 aromatic carbocycles. The zero-order valence-electron chi connectivity index (χ0n) is 15.1. The van der Waals surface area contributed by atoms with Gasteiger partial charge in [0.2, 0.25) is 15.9 Å². The molecule has 0 aromatic heterocycles. The number of hydrogen-bond donors (Lipinski definition) is 1. The lowest BCUT2D eigenvalue weighted by Gasteiger charge is -2.37. The maximum absolute atomic E-state index is 12.7. The third-order valence-electron chi connectivity index (χ3n) is 4.13. The van der Waals surface area contributed by atoms with E-state index in [9.17, 15) is 13.2 Å². The summed E-state index contributed by atoms with van der Waals surface area (Å²) in [6.07, 6.45) is 0. The summed E-state index contributed by atoms with van der Waals surface area (Å²) in [5.41, 5.74) is -0.289. The van der Waals surface area contributed by atoms with Crippen LogP contribution in [-0.4, -0.2) is 61.3 Å². The number of nitrogens with zero attached hydrogens (tertiary/aromatic N) is 2. The van der Waals surface area contributed by atoms with Crippen LogP contribution in [0.4, 0.5) is 0 Å². The van der Waals surface area contributed by atoms with Crippen LogP contribution < -0.4 is 5.32 Å². The van der Waals surface area contributed by atoms with Gasteiger partial charge in [-0.15, -0.1) is 0 Å². The fourth-order valence-corrected chi connectivity index (χ4v) is 4.47. The molecular weight excluding hydrogens is 362 g/mol. The number of carbonyl (C=O) groups excluding carboxylic acids is 1.